The van der Waals surface area contributed by atoms with Gasteiger partial charge in [-0.2, -0.15) is 5.26 Å². The minimum atomic E-state index is 0.508. The predicted octanol–water partition coefficient (Wildman–Crippen LogP) is 3.21. The van der Waals surface area contributed by atoms with Crippen LogP contribution in [0.4, 0.5) is 5.82 Å². The van der Waals surface area contributed by atoms with E-state index in [0.29, 0.717) is 23.0 Å². The fourth-order valence-electron chi connectivity index (χ4n) is 2.41. The zero-order valence-corrected chi connectivity index (χ0v) is 12.9. The van der Waals surface area contributed by atoms with Crippen molar-refractivity contribution in [3.63, 3.8) is 0 Å². The zero-order valence-electron chi connectivity index (χ0n) is 12.1. The van der Waals surface area contributed by atoms with Crippen molar-refractivity contribution in [2.24, 2.45) is 0 Å². The van der Waals surface area contributed by atoms with Gasteiger partial charge in [0.2, 0.25) is 0 Å². The van der Waals surface area contributed by atoms with Crippen LogP contribution in [0.3, 0.4) is 0 Å². The SMILES string of the molecule is CSc1ncnc(NCCc2c[nH]c3ccccc23)c1C#N. The molecule has 22 heavy (non-hydrogen) atoms. The molecule has 2 N–H and O–H groups in total. The van der Waals surface area contributed by atoms with Gasteiger partial charge in [-0.3, -0.25) is 0 Å². The van der Waals surface area contributed by atoms with Crippen LogP contribution in [0.15, 0.2) is 41.8 Å². The van der Waals surface area contributed by atoms with Crippen LogP contribution in [0.1, 0.15) is 11.1 Å². The van der Waals surface area contributed by atoms with Crippen molar-refractivity contribution in [3.8, 4) is 6.07 Å². The molecule has 0 bridgehead atoms. The highest BCUT2D eigenvalue weighted by Crippen LogP contribution is 2.22. The average molecular weight is 309 g/mol. The summed E-state index contributed by atoms with van der Waals surface area (Å²) in [5.41, 5.74) is 2.90. The number of rotatable bonds is 5. The first-order valence-corrected chi connectivity index (χ1v) is 8.14. The molecule has 2 heterocycles. The van der Waals surface area contributed by atoms with E-state index < -0.39 is 0 Å². The van der Waals surface area contributed by atoms with Gasteiger partial charge in [-0.25, -0.2) is 9.97 Å². The summed E-state index contributed by atoms with van der Waals surface area (Å²) in [5.74, 6) is 0.599. The molecule has 3 aromatic rings. The summed E-state index contributed by atoms with van der Waals surface area (Å²) < 4.78 is 0. The van der Waals surface area contributed by atoms with Crippen molar-refractivity contribution < 1.29 is 0 Å². The molecular formula is C16H15N5S. The van der Waals surface area contributed by atoms with E-state index >= 15 is 0 Å². The van der Waals surface area contributed by atoms with Gasteiger partial charge >= 0.3 is 0 Å². The van der Waals surface area contributed by atoms with Gasteiger partial charge in [0.1, 0.15) is 28.8 Å². The second-order valence-corrected chi connectivity index (χ2v) is 5.55. The molecule has 0 aliphatic rings. The van der Waals surface area contributed by atoms with E-state index in [9.17, 15) is 5.26 Å². The van der Waals surface area contributed by atoms with Crippen molar-refractivity contribution in [1.29, 1.82) is 5.26 Å². The standard InChI is InChI=1S/C16H15N5S/c1-22-16-13(8-17)15(20-10-21-16)18-7-6-11-9-19-14-5-3-2-4-12(11)14/h2-5,9-10,19H,6-7H2,1H3,(H,18,20,21). The number of fused-ring (bicyclic) bond motifs is 1. The summed E-state index contributed by atoms with van der Waals surface area (Å²) in [6.07, 6.45) is 6.28. The number of aromatic amines is 1. The van der Waals surface area contributed by atoms with Crippen molar-refractivity contribution >= 4 is 28.5 Å². The number of anilines is 1. The Bertz CT molecular complexity index is 834. The minimum absolute atomic E-state index is 0.508. The third-order valence-corrected chi connectivity index (χ3v) is 4.18. The van der Waals surface area contributed by atoms with Crippen molar-refractivity contribution in [2.45, 2.75) is 11.4 Å². The van der Waals surface area contributed by atoms with Crippen molar-refractivity contribution in [1.82, 2.24) is 15.0 Å². The number of nitriles is 1. The number of aromatic nitrogens is 3. The number of thioether (sulfide) groups is 1. The fourth-order valence-corrected chi connectivity index (χ4v) is 2.91. The molecule has 0 saturated heterocycles. The van der Waals surface area contributed by atoms with Crippen LogP contribution < -0.4 is 5.32 Å². The third kappa shape index (κ3) is 2.76. The van der Waals surface area contributed by atoms with E-state index in [-0.39, 0.29) is 0 Å². The lowest BCUT2D eigenvalue weighted by Crippen LogP contribution is -2.08. The van der Waals surface area contributed by atoms with E-state index in [4.69, 9.17) is 0 Å². The second-order valence-electron chi connectivity index (χ2n) is 4.75. The number of hydrogen-bond acceptors (Lipinski definition) is 5. The topological polar surface area (TPSA) is 77.4 Å². The molecule has 110 valence electrons. The molecule has 2 aromatic heterocycles. The summed E-state index contributed by atoms with van der Waals surface area (Å²) >= 11 is 1.45. The average Bonchev–Trinajstić information content (AvgIpc) is 2.98. The van der Waals surface area contributed by atoms with Crippen molar-refractivity contribution in [3.05, 3.63) is 47.9 Å². The summed E-state index contributed by atoms with van der Waals surface area (Å²) in [4.78, 5) is 11.6. The van der Waals surface area contributed by atoms with Gasteiger partial charge in [0.05, 0.1) is 0 Å². The number of H-pyrrole nitrogens is 1. The molecule has 0 aliphatic heterocycles. The lowest BCUT2D eigenvalue weighted by molar-refractivity contribution is 0.976. The molecule has 0 spiro atoms. The Morgan fingerprint density at radius 1 is 1.32 bits per heavy atom. The van der Waals surface area contributed by atoms with Gasteiger partial charge in [-0.1, -0.05) is 18.2 Å². The van der Waals surface area contributed by atoms with Crippen molar-refractivity contribution in [2.75, 3.05) is 18.1 Å². The van der Waals surface area contributed by atoms with Gasteiger partial charge in [0, 0.05) is 23.6 Å². The highest BCUT2D eigenvalue weighted by Gasteiger charge is 2.10. The Morgan fingerprint density at radius 2 is 2.18 bits per heavy atom. The van der Waals surface area contributed by atoms with Crippen LogP contribution in [-0.4, -0.2) is 27.8 Å². The molecule has 0 unspecified atom stereocenters. The number of nitrogens with zero attached hydrogens (tertiary/aromatic N) is 3. The van der Waals surface area contributed by atoms with E-state index in [1.165, 1.54) is 29.0 Å². The lowest BCUT2D eigenvalue weighted by Gasteiger charge is -2.08. The highest BCUT2D eigenvalue weighted by atomic mass is 32.2. The molecule has 0 atom stereocenters. The normalized spacial score (nSPS) is 10.5. The summed E-state index contributed by atoms with van der Waals surface area (Å²) in [6.45, 7) is 0.710. The predicted molar refractivity (Wildman–Crippen MR) is 89.0 cm³/mol. The Labute approximate surface area is 132 Å². The Hall–Kier alpha value is -2.52. The Balaban J connectivity index is 1.73. The maximum atomic E-state index is 9.27. The summed E-state index contributed by atoms with van der Waals surface area (Å²) in [6, 6.07) is 10.4. The van der Waals surface area contributed by atoms with Gasteiger partial charge in [0.15, 0.2) is 0 Å². The van der Waals surface area contributed by atoms with Gasteiger partial charge in [-0.15, -0.1) is 11.8 Å². The number of hydrogen-bond donors (Lipinski definition) is 2. The second kappa shape index (κ2) is 6.50. The number of nitrogens with one attached hydrogen (secondary N) is 2. The fraction of sp³-hybridized carbons (Fsp3) is 0.188. The molecule has 6 heteroatoms. The van der Waals surface area contributed by atoms with Gasteiger partial charge in [-0.05, 0) is 24.3 Å². The van der Waals surface area contributed by atoms with E-state index in [2.05, 4.69) is 38.5 Å². The minimum Gasteiger partial charge on any atom is -0.369 e. The molecule has 0 aliphatic carbocycles. The first-order valence-electron chi connectivity index (χ1n) is 6.91. The maximum absolute atomic E-state index is 9.27. The largest absolute Gasteiger partial charge is 0.369 e. The van der Waals surface area contributed by atoms with E-state index in [0.717, 1.165) is 11.9 Å². The first kappa shape index (κ1) is 14.4. The van der Waals surface area contributed by atoms with Gasteiger partial charge < -0.3 is 10.3 Å². The van der Waals surface area contributed by atoms with E-state index in [1.807, 2.05) is 24.6 Å². The van der Waals surface area contributed by atoms with E-state index in [1.54, 1.807) is 0 Å². The van der Waals surface area contributed by atoms with Crippen LogP contribution in [0, 0.1) is 11.3 Å². The molecule has 0 fully saturated rings. The quantitative estimate of drug-likeness (QED) is 0.559. The maximum Gasteiger partial charge on any atom is 0.148 e. The molecule has 1 aromatic carbocycles. The zero-order chi connectivity index (χ0) is 15.4. The van der Waals surface area contributed by atoms with Crippen LogP contribution >= 0.6 is 11.8 Å². The summed E-state index contributed by atoms with van der Waals surface area (Å²) in [5, 5.41) is 14.4. The van der Waals surface area contributed by atoms with Crippen LogP contribution in [0.25, 0.3) is 10.9 Å². The molecule has 5 nitrogen and oxygen atoms in total. The molecular weight excluding hydrogens is 294 g/mol. The highest BCUT2D eigenvalue weighted by molar-refractivity contribution is 7.98. The van der Waals surface area contributed by atoms with Crippen LogP contribution in [0.5, 0.6) is 0 Å². The molecule has 0 saturated carbocycles. The van der Waals surface area contributed by atoms with Crippen LogP contribution in [-0.2, 0) is 6.42 Å². The monoisotopic (exact) mass is 309 g/mol. The molecule has 0 amide bonds. The Kier molecular flexibility index (Phi) is 4.26. The van der Waals surface area contributed by atoms with Gasteiger partial charge in [0.25, 0.3) is 0 Å². The summed E-state index contributed by atoms with van der Waals surface area (Å²) in [7, 11) is 0. The lowest BCUT2D eigenvalue weighted by atomic mass is 10.1. The third-order valence-electron chi connectivity index (χ3n) is 3.48. The van der Waals surface area contributed by atoms with Crippen LogP contribution in [0.2, 0.25) is 0 Å². The number of benzene rings is 1. The first-order chi connectivity index (χ1) is 10.8. The molecule has 0 radical (unpaired) electrons. The number of para-hydroxylation sites is 1. The smallest absolute Gasteiger partial charge is 0.148 e. The Morgan fingerprint density at radius 3 is 3.00 bits per heavy atom. The molecule has 3 rings (SSSR count).